The minimum atomic E-state index is -1.63. The summed E-state index contributed by atoms with van der Waals surface area (Å²) in [5.74, 6) is -0.937. The first-order valence-corrected chi connectivity index (χ1v) is 6.85. The molecular formula is C13H15BrO5. The van der Waals surface area contributed by atoms with E-state index in [2.05, 4.69) is 15.9 Å². The average molecular weight is 331 g/mol. The van der Waals surface area contributed by atoms with Crippen LogP contribution in [0.25, 0.3) is 0 Å². The molecule has 0 saturated heterocycles. The smallest absolute Gasteiger partial charge is 0.337 e. The van der Waals surface area contributed by atoms with Gasteiger partial charge in [-0.2, -0.15) is 0 Å². The molecule has 0 aliphatic heterocycles. The predicted octanol–water partition coefficient (Wildman–Crippen LogP) is 1.71. The monoisotopic (exact) mass is 330 g/mol. The highest BCUT2D eigenvalue weighted by molar-refractivity contribution is 9.09. The SMILES string of the molecule is CCOc1cc(CC(=O)CBr)cc(C(O)C(=O)O)c1. The topological polar surface area (TPSA) is 83.8 Å². The summed E-state index contributed by atoms with van der Waals surface area (Å²) in [6.45, 7) is 2.21. The summed E-state index contributed by atoms with van der Waals surface area (Å²) in [7, 11) is 0. The van der Waals surface area contributed by atoms with Crippen LogP contribution < -0.4 is 4.74 Å². The molecule has 5 nitrogen and oxygen atoms in total. The van der Waals surface area contributed by atoms with Gasteiger partial charge >= 0.3 is 5.97 Å². The highest BCUT2D eigenvalue weighted by atomic mass is 79.9. The van der Waals surface area contributed by atoms with Crippen molar-refractivity contribution in [2.75, 3.05) is 11.9 Å². The van der Waals surface area contributed by atoms with Crippen LogP contribution in [-0.4, -0.2) is 33.9 Å². The van der Waals surface area contributed by atoms with Crippen LogP contribution in [0.15, 0.2) is 18.2 Å². The van der Waals surface area contributed by atoms with Crippen molar-refractivity contribution in [3.05, 3.63) is 29.3 Å². The molecule has 104 valence electrons. The van der Waals surface area contributed by atoms with E-state index in [0.717, 1.165) is 0 Å². The Morgan fingerprint density at radius 2 is 2.05 bits per heavy atom. The number of hydrogen-bond acceptors (Lipinski definition) is 4. The number of carbonyl (C=O) groups is 2. The summed E-state index contributed by atoms with van der Waals surface area (Å²) >= 11 is 3.07. The van der Waals surface area contributed by atoms with Gasteiger partial charge in [-0.25, -0.2) is 4.79 Å². The quantitative estimate of drug-likeness (QED) is 0.743. The minimum Gasteiger partial charge on any atom is -0.494 e. The Balaban J connectivity index is 3.09. The zero-order valence-electron chi connectivity index (χ0n) is 10.4. The Morgan fingerprint density at radius 1 is 1.37 bits per heavy atom. The summed E-state index contributed by atoms with van der Waals surface area (Å²) in [6.07, 6.45) is -1.47. The molecule has 1 unspecified atom stereocenters. The van der Waals surface area contributed by atoms with Gasteiger partial charge in [0.1, 0.15) is 11.5 Å². The van der Waals surface area contributed by atoms with Crippen molar-refractivity contribution in [1.82, 2.24) is 0 Å². The number of hydrogen-bond donors (Lipinski definition) is 2. The highest BCUT2D eigenvalue weighted by Crippen LogP contribution is 2.23. The van der Waals surface area contributed by atoms with Crippen molar-refractivity contribution < 1.29 is 24.5 Å². The van der Waals surface area contributed by atoms with E-state index in [1.165, 1.54) is 12.1 Å². The maximum Gasteiger partial charge on any atom is 0.337 e. The second-order valence-corrected chi connectivity index (χ2v) is 4.49. The van der Waals surface area contributed by atoms with Crippen LogP contribution >= 0.6 is 15.9 Å². The molecule has 0 spiro atoms. The Hall–Kier alpha value is -1.40. The van der Waals surface area contributed by atoms with Crippen molar-refractivity contribution >= 4 is 27.7 Å². The number of rotatable bonds is 7. The third kappa shape index (κ3) is 4.65. The number of alkyl halides is 1. The van der Waals surface area contributed by atoms with Gasteiger partial charge in [0.2, 0.25) is 0 Å². The van der Waals surface area contributed by atoms with Gasteiger partial charge in [0.05, 0.1) is 11.9 Å². The molecule has 1 atom stereocenters. The van der Waals surface area contributed by atoms with Gasteiger partial charge in [-0.3, -0.25) is 4.79 Å². The number of ether oxygens (including phenoxy) is 1. The minimum absolute atomic E-state index is 0.0376. The lowest BCUT2D eigenvalue weighted by molar-refractivity contribution is -0.146. The summed E-state index contributed by atoms with van der Waals surface area (Å²) in [4.78, 5) is 22.2. The largest absolute Gasteiger partial charge is 0.494 e. The van der Waals surface area contributed by atoms with Gasteiger partial charge in [-0.1, -0.05) is 22.0 Å². The van der Waals surface area contributed by atoms with E-state index in [4.69, 9.17) is 9.84 Å². The predicted molar refractivity (Wildman–Crippen MR) is 72.7 cm³/mol. The van der Waals surface area contributed by atoms with Crippen LogP contribution in [0.4, 0.5) is 0 Å². The van der Waals surface area contributed by atoms with E-state index in [1.807, 2.05) is 0 Å². The van der Waals surface area contributed by atoms with Gasteiger partial charge in [0, 0.05) is 6.42 Å². The first-order chi connectivity index (χ1) is 8.97. The molecular weight excluding hydrogens is 316 g/mol. The number of carbonyl (C=O) groups excluding carboxylic acids is 1. The highest BCUT2D eigenvalue weighted by Gasteiger charge is 2.18. The molecule has 2 N–H and O–H groups in total. The number of carboxylic acid groups (broad SMARTS) is 1. The Labute approximate surface area is 119 Å². The fraction of sp³-hybridized carbons (Fsp3) is 0.385. The fourth-order valence-corrected chi connectivity index (χ4v) is 1.81. The zero-order valence-corrected chi connectivity index (χ0v) is 12.0. The van der Waals surface area contributed by atoms with E-state index < -0.39 is 12.1 Å². The molecule has 6 heteroatoms. The van der Waals surface area contributed by atoms with E-state index in [9.17, 15) is 14.7 Å². The molecule has 19 heavy (non-hydrogen) atoms. The number of aliphatic carboxylic acids is 1. The van der Waals surface area contributed by atoms with Crippen molar-refractivity contribution in [3.63, 3.8) is 0 Å². The van der Waals surface area contributed by atoms with E-state index >= 15 is 0 Å². The molecule has 0 bridgehead atoms. The van der Waals surface area contributed by atoms with Crippen LogP contribution in [0, 0.1) is 0 Å². The van der Waals surface area contributed by atoms with Crippen molar-refractivity contribution in [2.24, 2.45) is 0 Å². The van der Waals surface area contributed by atoms with Gasteiger partial charge in [0.15, 0.2) is 6.10 Å². The molecule has 1 aromatic rings. The first kappa shape index (κ1) is 15.7. The third-order valence-electron chi connectivity index (χ3n) is 2.40. The van der Waals surface area contributed by atoms with Gasteiger partial charge < -0.3 is 14.9 Å². The second kappa shape index (κ2) is 7.25. The lowest BCUT2D eigenvalue weighted by Crippen LogP contribution is -2.12. The lowest BCUT2D eigenvalue weighted by Gasteiger charge is -2.12. The maximum atomic E-state index is 11.4. The Morgan fingerprint density at radius 3 is 2.58 bits per heavy atom. The molecule has 0 saturated carbocycles. The summed E-state index contributed by atoms with van der Waals surface area (Å²) in [5, 5.41) is 18.6. The summed E-state index contributed by atoms with van der Waals surface area (Å²) < 4.78 is 5.31. The lowest BCUT2D eigenvalue weighted by atomic mass is 10.0. The van der Waals surface area contributed by atoms with E-state index in [1.54, 1.807) is 13.0 Å². The van der Waals surface area contributed by atoms with Crippen molar-refractivity contribution in [2.45, 2.75) is 19.4 Å². The molecule has 0 aliphatic rings. The maximum absolute atomic E-state index is 11.4. The third-order valence-corrected chi connectivity index (χ3v) is 3.03. The van der Waals surface area contributed by atoms with Crippen LogP contribution in [-0.2, 0) is 16.0 Å². The average Bonchev–Trinajstić information content (AvgIpc) is 2.37. The van der Waals surface area contributed by atoms with Crippen LogP contribution in [0.1, 0.15) is 24.2 Å². The molecule has 0 radical (unpaired) electrons. The second-order valence-electron chi connectivity index (χ2n) is 3.93. The standard InChI is InChI=1S/C13H15BrO5/c1-2-19-11-5-8(4-10(15)7-14)3-9(6-11)12(16)13(17)18/h3,5-6,12,16H,2,4,7H2,1H3,(H,17,18). The number of Topliss-reactive ketones (excluding diaryl/α,β-unsaturated/α-hetero) is 1. The summed E-state index contributed by atoms with van der Waals surface area (Å²) in [6, 6.07) is 4.63. The fourth-order valence-electron chi connectivity index (χ4n) is 1.61. The van der Waals surface area contributed by atoms with Gasteiger partial charge in [-0.05, 0) is 30.2 Å². The molecule has 0 aromatic heterocycles. The molecule has 1 rings (SSSR count). The van der Waals surface area contributed by atoms with Crippen LogP contribution in [0.5, 0.6) is 5.75 Å². The molecule has 0 aliphatic carbocycles. The number of carboxylic acids is 1. The molecule has 0 amide bonds. The molecule has 1 aromatic carbocycles. The van der Waals surface area contributed by atoms with Crippen LogP contribution in [0.3, 0.4) is 0 Å². The van der Waals surface area contributed by atoms with E-state index in [-0.39, 0.29) is 23.1 Å². The zero-order chi connectivity index (χ0) is 14.4. The Bertz CT molecular complexity index is 472. The molecule has 0 fully saturated rings. The first-order valence-electron chi connectivity index (χ1n) is 5.73. The van der Waals surface area contributed by atoms with Crippen molar-refractivity contribution in [3.8, 4) is 5.75 Å². The number of ketones is 1. The number of aliphatic hydroxyl groups excluding tert-OH is 1. The number of benzene rings is 1. The Kier molecular flexibility index (Phi) is 5.98. The van der Waals surface area contributed by atoms with Gasteiger partial charge in [-0.15, -0.1) is 0 Å². The van der Waals surface area contributed by atoms with Crippen LogP contribution in [0.2, 0.25) is 0 Å². The van der Waals surface area contributed by atoms with Gasteiger partial charge in [0.25, 0.3) is 0 Å². The molecule has 0 heterocycles. The number of aliphatic hydroxyl groups is 1. The summed E-state index contributed by atoms with van der Waals surface area (Å²) in [5.41, 5.74) is 0.821. The number of halogens is 1. The van der Waals surface area contributed by atoms with E-state index in [0.29, 0.717) is 17.9 Å². The normalized spacial score (nSPS) is 11.9. The van der Waals surface area contributed by atoms with Crippen molar-refractivity contribution in [1.29, 1.82) is 0 Å².